The van der Waals surface area contributed by atoms with E-state index in [2.05, 4.69) is 39.9 Å². The number of nitrogens with one attached hydrogen (secondary N) is 2. The highest BCUT2D eigenvalue weighted by Crippen LogP contribution is 2.34. The van der Waals surface area contributed by atoms with Crippen LogP contribution in [0.2, 0.25) is 0 Å². The minimum absolute atomic E-state index is 0.0377. The van der Waals surface area contributed by atoms with Gasteiger partial charge in [0.2, 0.25) is 0 Å². The van der Waals surface area contributed by atoms with Gasteiger partial charge >= 0.3 is 0 Å². The van der Waals surface area contributed by atoms with E-state index in [0.717, 1.165) is 44.1 Å². The van der Waals surface area contributed by atoms with E-state index in [-0.39, 0.29) is 11.2 Å². The third-order valence-electron chi connectivity index (χ3n) is 5.00. The predicted molar refractivity (Wildman–Crippen MR) is 103 cm³/mol. The first-order valence-corrected chi connectivity index (χ1v) is 9.04. The van der Waals surface area contributed by atoms with Crippen molar-refractivity contribution in [2.45, 2.75) is 24.8 Å². The number of rotatable bonds is 5. The summed E-state index contributed by atoms with van der Waals surface area (Å²) < 4.78 is 18.9. The fourth-order valence-corrected chi connectivity index (χ4v) is 3.43. The van der Waals surface area contributed by atoms with E-state index < -0.39 is 0 Å². The molecule has 0 atom stereocenters. The minimum Gasteiger partial charge on any atom is -0.381 e. The van der Waals surface area contributed by atoms with Crippen molar-refractivity contribution in [1.29, 1.82) is 0 Å². The zero-order valence-electron chi connectivity index (χ0n) is 15.2. The van der Waals surface area contributed by atoms with Gasteiger partial charge in [-0.2, -0.15) is 0 Å². The van der Waals surface area contributed by atoms with Crippen LogP contribution in [0.15, 0.2) is 59.6 Å². The van der Waals surface area contributed by atoms with Crippen LogP contribution in [-0.4, -0.2) is 32.8 Å². The Bertz CT molecular complexity index is 727. The van der Waals surface area contributed by atoms with Gasteiger partial charge in [0, 0.05) is 38.8 Å². The second-order valence-corrected chi connectivity index (χ2v) is 6.67. The summed E-state index contributed by atoms with van der Waals surface area (Å²) in [7, 11) is 1.75. The minimum atomic E-state index is -0.225. The van der Waals surface area contributed by atoms with Crippen molar-refractivity contribution in [3.8, 4) is 0 Å². The number of halogens is 1. The normalized spacial score (nSPS) is 16.9. The molecule has 26 heavy (non-hydrogen) atoms. The number of hydrogen-bond donors (Lipinski definition) is 2. The lowest BCUT2D eigenvalue weighted by Gasteiger charge is -2.38. The van der Waals surface area contributed by atoms with E-state index in [0.29, 0.717) is 6.54 Å². The molecule has 0 aromatic heterocycles. The van der Waals surface area contributed by atoms with E-state index in [1.54, 1.807) is 13.1 Å². The largest absolute Gasteiger partial charge is 0.381 e. The molecule has 1 aliphatic rings. The number of ether oxygens (including phenoxy) is 1. The Kier molecular flexibility index (Phi) is 6.23. The van der Waals surface area contributed by atoms with Crippen LogP contribution in [0.4, 0.5) is 4.39 Å². The molecule has 2 aromatic carbocycles. The summed E-state index contributed by atoms with van der Waals surface area (Å²) in [6.45, 7) is 2.85. The van der Waals surface area contributed by atoms with Crippen LogP contribution < -0.4 is 10.6 Å². The van der Waals surface area contributed by atoms with Crippen LogP contribution in [0.1, 0.15) is 24.0 Å². The van der Waals surface area contributed by atoms with Gasteiger partial charge in [-0.05, 0) is 36.1 Å². The van der Waals surface area contributed by atoms with E-state index >= 15 is 0 Å². The maximum Gasteiger partial charge on any atom is 0.191 e. The van der Waals surface area contributed by atoms with Crippen molar-refractivity contribution in [2.24, 2.45) is 4.99 Å². The highest BCUT2D eigenvalue weighted by Gasteiger charge is 2.34. The van der Waals surface area contributed by atoms with Crippen molar-refractivity contribution in [3.63, 3.8) is 0 Å². The molecule has 1 aliphatic heterocycles. The molecule has 5 heteroatoms. The van der Waals surface area contributed by atoms with Crippen molar-refractivity contribution >= 4 is 5.96 Å². The number of nitrogens with zero attached hydrogens (tertiary/aromatic N) is 1. The van der Waals surface area contributed by atoms with Gasteiger partial charge in [-0.15, -0.1) is 0 Å². The van der Waals surface area contributed by atoms with Gasteiger partial charge in [-0.3, -0.25) is 4.99 Å². The Morgan fingerprint density at radius 2 is 1.85 bits per heavy atom. The Labute approximate surface area is 154 Å². The number of hydrogen-bond acceptors (Lipinski definition) is 2. The molecule has 0 bridgehead atoms. The van der Waals surface area contributed by atoms with E-state index in [4.69, 9.17) is 4.74 Å². The van der Waals surface area contributed by atoms with Crippen molar-refractivity contribution in [2.75, 3.05) is 26.8 Å². The SMILES string of the molecule is CN=C(NCc1cccc(F)c1)NCC1(c2ccccc2)CCOCC1. The topological polar surface area (TPSA) is 45.7 Å². The lowest BCUT2D eigenvalue weighted by atomic mass is 9.74. The van der Waals surface area contributed by atoms with Gasteiger partial charge in [0.1, 0.15) is 5.82 Å². The van der Waals surface area contributed by atoms with Gasteiger partial charge in [0.25, 0.3) is 0 Å². The first-order valence-electron chi connectivity index (χ1n) is 9.04. The van der Waals surface area contributed by atoms with Crippen LogP contribution in [0, 0.1) is 5.82 Å². The Morgan fingerprint density at radius 3 is 2.54 bits per heavy atom. The van der Waals surface area contributed by atoms with Gasteiger partial charge in [-0.1, -0.05) is 42.5 Å². The first kappa shape index (κ1) is 18.4. The molecule has 0 aliphatic carbocycles. The summed E-state index contributed by atoms with van der Waals surface area (Å²) in [4.78, 5) is 4.30. The third-order valence-corrected chi connectivity index (χ3v) is 5.00. The molecule has 0 unspecified atom stereocenters. The van der Waals surface area contributed by atoms with E-state index in [1.807, 2.05) is 12.1 Å². The number of guanidine groups is 1. The smallest absolute Gasteiger partial charge is 0.191 e. The Hall–Kier alpha value is -2.40. The summed E-state index contributed by atoms with van der Waals surface area (Å²) >= 11 is 0. The molecule has 1 heterocycles. The molecular weight excluding hydrogens is 329 g/mol. The van der Waals surface area contributed by atoms with Crippen molar-refractivity contribution < 1.29 is 9.13 Å². The average Bonchev–Trinajstić information content (AvgIpc) is 2.69. The van der Waals surface area contributed by atoms with Gasteiger partial charge in [0.05, 0.1) is 0 Å². The molecular formula is C21H26FN3O. The van der Waals surface area contributed by atoms with Crippen LogP contribution in [0.3, 0.4) is 0 Å². The van der Waals surface area contributed by atoms with Crippen LogP contribution in [0.5, 0.6) is 0 Å². The van der Waals surface area contributed by atoms with Crippen LogP contribution in [0.25, 0.3) is 0 Å². The second kappa shape index (κ2) is 8.81. The van der Waals surface area contributed by atoms with Gasteiger partial charge in [-0.25, -0.2) is 4.39 Å². The number of aliphatic imine (C=N–C) groups is 1. The van der Waals surface area contributed by atoms with Crippen LogP contribution in [-0.2, 0) is 16.7 Å². The maximum atomic E-state index is 13.3. The third kappa shape index (κ3) is 4.61. The summed E-state index contributed by atoms with van der Waals surface area (Å²) in [5.74, 6) is 0.494. The summed E-state index contributed by atoms with van der Waals surface area (Å²) in [5, 5.41) is 6.72. The summed E-state index contributed by atoms with van der Waals surface area (Å²) in [5.41, 5.74) is 2.25. The molecule has 3 rings (SSSR count). The summed E-state index contributed by atoms with van der Waals surface area (Å²) in [6.07, 6.45) is 1.95. The predicted octanol–water partition coefficient (Wildman–Crippen LogP) is 3.24. The molecule has 2 aromatic rings. The molecule has 0 radical (unpaired) electrons. The highest BCUT2D eigenvalue weighted by molar-refractivity contribution is 5.79. The molecule has 4 nitrogen and oxygen atoms in total. The van der Waals surface area contributed by atoms with Crippen molar-refractivity contribution in [3.05, 3.63) is 71.5 Å². The van der Waals surface area contributed by atoms with Crippen molar-refractivity contribution in [1.82, 2.24) is 10.6 Å². The zero-order chi connectivity index (χ0) is 18.2. The van der Waals surface area contributed by atoms with Gasteiger partial charge < -0.3 is 15.4 Å². The zero-order valence-corrected chi connectivity index (χ0v) is 15.2. The molecule has 0 spiro atoms. The molecule has 1 saturated heterocycles. The molecule has 2 N–H and O–H groups in total. The van der Waals surface area contributed by atoms with Gasteiger partial charge in [0.15, 0.2) is 5.96 Å². The second-order valence-electron chi connectivity index (χ2n) is 6.67. The lowest BCUT2D eigenvalue weighted by molar-refractivity contribution is 0.0514. The average molecular weight is 355 g/mol. The van der Waals surface area contributed by atoms with E-state index in [1.165, 1.54) is 17.7 Å². The number of benzene rings is 2. The van der Waals surface area contributed by atoms with Crippen LogP contribution >= 0.6 is 0 Å². The maximum absolute atomic E-state index is 13.3. The fraction of sp³-hybridized carbons (Fsp3) is 0.381. The summed E-state index contributed by atoms with van der Waals surface area (Å²) in [6, 6.07) is 17.2. The standard InChI is InChI=1S/C21H26FN3O/c1-23-20(24-15-17-6-5-9-19(22)14-17)25-16-21(10-12-26-13-11-21)18-7-3-2-4-8-18/h2-9,14H,10-13,15-16H2,1H3,(H2,23,24,25). The highest BCUT2D eigenvalue weighted by atomic mass is 19.1. The quantitative estimate of drug-likeness (QED) is 0.639. The van der Waals surface area contributed by atoms with E-state index in [9.17, 15) is 4.39 Å². The Balaban J connectivity index is 1.64. The fourth-order valence-electron chi connectivity index (χ4n) is 3.43. The molecule has 0 saturated carbocycles. The first-order chi connectivity index (χ1) is 12.7. The molecule has 138 valence electrons. The lowest BCUT2D eigenvalue weighted by Crippen LogP contribution is -2.47. The monoisotopic (exact) mass is 355 g/mol. The Morgan fingerprint density at radius 1 is 1.08 bits per heavy atom. The molecule has 0 amide bonds. The molecule has 1 fully saturated rings.